The van der Waals surface area contributed by atoms with Crippen LogP contribution < -0.4 is 0 Å². The van der Waals surface area contributed by atoms with Crippen molar-refractivity contribution in [2.45, 2.75) is 18.4 Å². The minimum absolute atomic E-state index is 0.00833. The maximum Gasteiger partial charge on any atom is 0.354 e. The van der Waals surface area contributed by atoms with Gasteiger partial charge < -0.3 is 9.84 Å². The van der Waals surface area contributed by atoms with Crippen LogP contribution in [0.15, 0.2) is 42.6 Å². The fourth-order valence-electron chi connectivity index (χ4n) is 2.74. The Labute approximate surface area is 121 Å². The quantitative estimate of drug-likeness (QED) is 0.942. The molecule has 5 heteroatoms. The Hall–Kier alpha value is -2.27. The summed E-state index contributed by atoms with van der Waals surface area (Å²) in [5.41, 5.74) is 0.964. The zero-order chi connectivity index (χ0) is 14.9. The van der Waals surface area contributed by atoms with Crippen molar-refractivity contribution in [3.63, 3.8) is 0 Å². The summed E-state index contributed by atoms with van der Waals surface area (Å²) in [7, 11) is 0. The zero-order valence-corrected chi connectivity index (χ0v) is 11.3. The van der Waals surface area contributed by atoms with Gasteiger partial charge in [0.1, 0.15) is 17.1 Å². The predicted octanol–water partition coefficient (Wildman–Crippen LogP) is 2.97. The Balaban J connectivity index is 2.04. The van der Waals surface area contributed by atoms with Gasteiger partial charge in [-0.25, -0.2) is 14.2 Å². The van der Waals surface area contributed by atoms with Crippen molar-refractivity contribution in [2.24, 2.45) is 0 Å². The highest BCUT2D eigenvalue weighted by Gasteiger charge is 2.39. The highest BCUT2D eigenvalue weighted by molar-refractivity contribution is 5.85. The van der Waals surface area contributed by atoms with E-state index < -0.39 is 11.6 Å². The molecule has 1 saturated heterocycles. The molecule has 1 aromatic heterocycles. The molecule has 108 valence electrons. The number of benzene rings is 1. The molecule has 0 amide bonds. The predicted molar refractivity (Wildman–Crippen MR) is 73.6 cm³/mol. The smallest absolute Gasteiger partial charge is 0.354 e. The number of rotatable bonds is 3. The van der Waals surface area contributed by atoms with Crippen molar-refractivity contribution in [3.8, 4) is 0 Å². The average molecular weight is 287 g/mol. The molecule has 0 spiro atoms. The number of aromatic nitrogens is 1. The second-order valence-corrected chi connectivity index (χ2v) is 5.02. The van der Waals surface area contributed by atoms with Crippen molar-refractivity contribution in [1.82, 2.24) is 4.98 Å². The van der Waals surface area contributed by atoms with Gasteiger partial charge in [-0.2, -0.15) is 0 Å². The van der Waals surface area contributed by atoms with Gasteiger partial charge >= 0.3 is 5.97 Å². The molecule has 1 N–H and O–H groups in total. The number of hydrogen-bond acceptors (Lipinski definition) is 3. The molecule has 1 unspecified atom stereocenters. The van der Waals surface area contributed by atoms with E-state index in [1.54, 1.807) is 18.2 Å². The fraction of sp³-hybridized carbons (Fsp3) is 0.250. The molecule has 1 fully saturated rings. The molecular formula is C16H14FNO3. The van der Waals surface area contributed by atoms with Gasteiger partial charge in [0.25, 0.3) is 0 Å². The van der Waals surface area contributed by atoms with Gasteiger partial charge in [-0.1, -0.05) is 18.2 Å². The van der Waals surface area contributed by atoms with Gasteiger partial charge in [0.15, 0.2) is 0 Å². The Morgan fingerprint density at radius 3 is 2.43 bits per heavy atom. The lowest BCUT2D eigenvalue weighted by atomic mass is 9.85. The van der Waals surface area contributed by atoms with Gasteiger partial charge in [-0.15, -0.1) is 0 Å². The Morgan fingerprint density at radius 1 is 1.19 bits per heavy atom. The maximum absolute atomic E-state index is 13.1. The average Bonchev–Trinajstić information content (AvgIpc) is 2.99. The van der Waals surface area contributed by atoms with Crippen molar-refractivity contribution in [2.75, 3.05) is 6.61 Å². The third-order valence-electron chi connectivity index (χ3n) is 3.78. The van der Waals surface area contributed by atoms with E-state index in [-0.39, 0.29) is 11.5 Å². The maximum atomic E-state index is 13.1. The van der Waals surface area contributed by atoms with E-state index in [9.17, 15) is 9.18 Å². The van der Waals surface area contributed by atoms with Gasteiger partial charge in [0.05, 0.1) is 0 Å². The summed E-state index contributed by atoms with van der Waals surface area (Å²) in [6.07, 6.45) is 3.17. The number of nitrogens with zero attached hydrogens (tertiary/aromatic N) is 1. The minimum Gasteiger partial charge on any atom is -0.477 e. The molecule has 1 aromatic carbocycles. The summed E-state index contributed by atoms with van der Waals surface area (Å²) in [6.45, 7) is 0.609. The van der Waals surface area contributed by atoms with Crippen molar-refractivity contribution >= 4 is 5.97 Å². The van der Waals surface area contributed by atoms with Crippen LogP contribution >= 0.6 is 0 Å². The van der Waals surface area contributed by atoms with Crippen LogP contribution in [-0.4, -0.2) is 22.7 Å². The molecule has 1 aliphatic heterocycles. The molecule has 21 heavy (non-hydrogen) atoms. The summed E-state index contributed by atoms with van der Waals surface area (Å²) < 4.78 is 19.1. The first kappa shape index (κ1) is 13.7. The third-order valence-corrected chi connectivity index (χ3v) is 3.78. The first-order valence-electron chi connectivity index (χ1n) is 6.72. The molecule has 2 heterocycles. The summed E-state index contributed by atoms with van der Waals surface area (Å²) in [6, 6.07) is 9.38. The first-order chi connectivity index (χ1) is 10.1. The van der Waals surface area contributed by atoms with Crippen molar-refractivity contribution in [1.29, 1.82) is 0 Å². The zero-order valence-electron chi connectivity index (χ0n) is 11.3. The Morgan fingerprint density at radius 2 is 1.90 bits per heavy atom. The van der Waals surface area contributed by atoms with Crippen LogP contribution in [-0.2, 0) is 10.3 Å². The number of carboxylic acid groups (broad SMARTS) is 1. The van der Waals surface area contributed by atoms with Crippen LogP contribution in [0.3, 0.4) is 0 Å². The lowest BCUT2D eigenvalue weighted by Gasteiger charge is -2.29. The largest absolute Gasteiger partial charge is 0.477 e. The van der Waals surface area contributed by atoms with Crippen LogP contribution in [0.5, 0.6) is 0 Å². The topological polar surface area (TPSA) is 59.4 Å². The van der Waals surface area contributed by atoms with Crippen molar-refractivity contribution in [3.05, 3.63) is 65.2 Å². The molecule has 1 atom stereocenters. The monoisotopic (exact) mass is 287 g/mol. The minimum atomic E-state index is -1.07. The standard InChI is InChI=1S/C16H14FNO3/c17-13-5-2-11(3-6-13)16(8-1-9-21-16)12-4-7-14(15(19)20)18-10-12/h2-7,10H,1,8-9H2,(H,19,20). The van der Waals surface area contributed by atoms with Gasteiger partial charge in [-0.3, -0.25) is 0 Å². The molecule has 4 nitrogen and oxygen atoms in total. The molecule has 2 aromatic rings. The molecular weight excluding hydrogens is 273 g/mol. The van der Waals surface area contributed by atoms with E-state index in [4.69, 9.17) is 9.84 Å². The summed E-state index contributed by atoms with van der Waals surface area (Å²) in [5.74, 6) is -1.36. The number of aromatic carboxylic acids is 1. The number of carbonyl (C=O) groups is 1. The number of carboxylic acids is 1. The van der Waals surface area contributed by atoms with Crippen LogP contribution in [0.4, 0.5) is 4.39 Å². The lowest BCUT2D eigenvalue weighted by Crippen LogP contribution is -2.26. The van der Waals surface area contributed by atoms with E-state index in [0.717, 1.165) is 24.0 Å². The SMILES string of the molecule is O=C(O)c1ccc(C2(c3ccc(F)cc3)CCCO2)cn1. The molecule has 0 radical (unpaired) electrons. The molecule has 0 saturated carbocycles. The van der Waals surface area contributed by atoms with E-state index in [0.29, 0.717) is 6.61 Å². The summed E-state index contributed by atoms with van der Waals surface area (Å²) >= 11 is 0. The number of halogens is 1. The first-order valence-corrected chi connectivity index (χ1v) is 6.72. The second kappa shape index (κ2) is 5.26. The van der Waals surface area contributed by atoms with E-state index in [1.807, 2.05) is 0 Å². The van der Waals surface area contributed by atoms with Crippen LogP contribution in [0.25, 0.3) is 0 Å². The molecule has 3 rings (SSSR count). The second-order valence-electron chi connectivity index (χ2n) is 5.02. The molecule has 0 aliphatic carbocycles. The van der Waals surface area contributed by atoms with E-state index in [2.05, 4.69) is 4.98 Å². The lowest BCUT2D eigenvalue weighted by molar-refractivity contribution is 0.0355. The highest BCUT2D eigenvalue weighted by Crippen LogP contribution is 2.41. The molecule has 0 bridgehead atoms. The number of ether oxygens (including phenoxy) is 1. The van der Waals surface area contributed by atoms with Crippen LogP contribution in [0.1, 0.15) is 34.5 Å². The Bertz CT molecular complexity index is 646. The van der Waals surface area contributed by atoms with E-state index in [1.165, 1.54) is 24.4 Å². The number of pyridine rings is 1. The third kappa shape index (κ3) is 2.40. The van der Waals surface area contributed by atoms with Crippen LogP contribution in [0, 0.1) is 5.82 Å². The summed E-state index contributed by atoms with van der Waals surface area (Å²) in [5, 5.41) is 8.92. The highest BCUT2D eigenvalue weighted by atomic mass is 19.1. The van der Waals surface area contributed by atoms with Gasteiger partial charge in [-0.05, 0) is 36.6 Å². The number of hydrogen-bond donors (Lipinski definition) is 1. The van der Waals surface area contributed by atoms with Gasteiger partial charge in [0.2, 0.25) is 0 Å². The fourth-order valence-corrected chi connectivity index (χ4v) is 2.74. The van der Waals surface area contributed by atoms with E-state index >= 15 is 0 Å². The van der Waals surface area contributed by atoms with Gasteiger partial charge in [0, 0.05) is 18.4 Å². The normalized spacial score (nSPS) is 21.4. The van der Waals surface area contributed by atoms with Crippen molar-refractivity contribution < 1.29 is 19.0 Å². The Kier molecular flexibility index (Phi) is 3.43. The molecule has 1 aliphatic rings. The van der Waals surface area contributed by atoms with Crippen LogP contribution in [0.2, 0.25) is 0 Å². The summed E-state index contributed by atoms with van der Waals surface area (Å²) in [4.78, 5) is 14.8.